The zero-order chi connectivity index (χ0) is 19.7. The molecule has 148 valence electrons. The Balaban J connectivity index is 1.58. The van der Waals surface area contributed by atoms with Gasteiger partial charge in [-0.2, -0.15) is 9.97 Å². The molecule has 3 heterocycles. The van der Waals surface area contributed by atoms with E-state index in [0.717, 1.165) is 5.56 Å². The molecule has 0 saturated carbocycles. The van der Waals surface area contributed by atoms with Gasteiger partial charge in [-0.15, -0.1) is 0 Å². The Hall–Kier alpha value is -2.79. The van der Waals surface area contributed by atoms with Gasteiger partial charge in [-0.3, -0.25) is 4.57 Å². The van der Waals surface area contributed by atoms with Crippen molar-refractivity contribution in [1.82, 2.24) is 19.5 Å². The number of hydrogen-bond donors (Lipinski definition) is 4. The lowest BCUT2D eigenvalue weighted by molar-refractivity contribution is -0.0432. The molecule has 10 nitrogen and oxygen atoms in total. The minimum absolute atomic E-state index is 0.0179. The van der Waals surface area contributed by atoms with Crippen LogP contribution in [0.5, 0.6) is 5.88 Å². The summed E-state index contributed by atoms with van der Waals surface area (Å²) < 4.78 is 12.9. The highest BCUT2D eigenvalue weighted by molar-refractivity contribution is 5.77. The monoisotopic (exact) mass is 387 g/mol. The maximum Gasteiger partial charge on any atom is 0.247 e. The Morgan fingerprint density at radius 3 is 2.79 bits per heavy atom. The van der Waals surface area contributed by atoms with Crippen LogP contribution in [-0.2, 0) is 4.74 Å². The van der Waals surface area contributed by atoms with Gasteiger partial charge in [0.05, 0.1) is 19.0 Å². The highest BCUT2D eigenvalue weighted by Crippen LogP contribution is 2.32. The number of benzene rings is 1. The van der Waals surface area contributed by atoms with Gasteiger partial charge in [-0.05, 0) is 5.56 Å². The van der Waals surface area contributed by atoms with E-state index in [4.69, 9.17) is 15.2 Å². The van der Waals surface area contributed by atoms with Crippen LogP contribution in [0.25, 0.3) is 11.2 Å². The Labute approximate surface area is 160 Å². The molecule has 2 aromatic heterocycles. The molecule has 0 bridgehead atoms. The number of aliphatic hydroxyl groups is 3. The molecule has 0 aliphatic carbocycles. The van der Waals surface area contributed by atoms with Gasteiger partial charge in [0, 0.05) is 6.42 Å². The van der Waals surface area contributed by atoms with Gasteiger partial charge in [0.2, 0.25) is 11.8 Å². The van der Waals surface area contributed by atoms with E-state index in [1.807, 2.05) is 18.2 Å². The fourth-order valence-corrected chi connectivity index (χ4v) is 3.20. The van der Waals surface area contributed by atoms with Gasteiger partial charge in [0.25, 0.3) is 0 Å². The number of fused-ring (bicyclic) bond motifs is 1. The van der Waals surface area contributed by atoms with Gasteiger partial charge in [-0.1, -0.05) is 30.3 Å². The molecule has 0 spiro atoms. The summed E-state index contributed by atoms with van der Waals surface area (Å²) in [7, 11) is 0. The van der Waals surface area contributed by atoms with Crippen molar-refractivity contribution in [2.45, 2.75) is 31.0 Å². The summed E-state index contributed by atoms with van der Waals surface area (Å²) in [5.74, 6) is 0.129. The highest BCUT2D eigenvalue weighted by Gasteiger charge is 2.35. The van der Waals surface area contributed by atoms with Gasteiger partial charge < -0.3 is 30.5 Å². The average molecular weight is 387 g/mol. The molecular weight excluding hydrogens is 366 g/mol. The first-order chi connectivity index (χ1) is 13.6. The van der Waals surface area contributed by atoms with Crippen LogP contribution in [0, 0.1) is 0 Å². The maximum atomic E-state index is 10.3. The topological polar surface area (TPSA) is 149 Å². The fourth-order valence-electron chi connectivity index (χ4n) is 3.20. The van der Waals surface area contributed by atoms with E-state index in [-0.39, 0.29) is 31.5 Å². The van der Waals surface area contributed by atoms with Gasteiger partial charge in [0.1, 0.15) is 25.0 Å². The molecule has 1 fully saturated rings. The predicted molar refractivity (Wildman–Crippen MR) is 98.3 cm³/mol. The second-order valence-corrected chi connectivity index (χ2v) is 6.56. The van der Waals surface area contributed by atoms with Crippen LogP contribution in [0.4, 0.5) is 5.95 Å². The Morgan fingerprint density at radius 2 is 2.07 bits per heavy atom. The van der Waals surface area contributed by atoms with Gasteiger partial charge >= 0.3 is 0 Å². The van der Waals surface area contributed by atoms with Crippen LogP contribution in [0.2, 0.25) is 0 Å². The molecule has 3 aromatic rings. The Morgan fingerprint density at radius 1 is 1.29 bits per heavy atom. The van der Waals surface area contributed by atoms with Crippen LogP contribution < -0.4 is 10.5 Å². The van der Waals surface area contributed by atoms with E-state index in [1.165, 1.54) is 6.33 Å². The molecule has 0 amide bonds. The van der Waals surface area contributed by atoms with Crippen LogP contribution in [-0.4, -0.2) is 60.3 Å². The van der Waals surface area contributed by atoms with Crippen LogP contribution in [0.3, 0.4) is 0 Å². The number of aliphatic hydroxyl groups excluding tert-OH is 3. The molecule has 10 heteroatoms. The summed E-state index contributed by atoms with van der Waals surface area (Å²) in [6.45, 7) is -0.319. The number of ether oxygens (including phenoxy) is 2. The molecular formula is C18H21N5O5. The molecule has 1 aromatic carbocycles. The number of nitrogen functional groups attached to an aromatic ring is 1. The molecule has 4 rings (SSSR count). The fraction of sp³-hybridized carbons (Fsp3) is 0.389. The summed E-state index contributed by atoms with van der Waals surface area (Å²) in [4.78, 5) is 12.6. The highest BCUT2D eigenvalue weighted by atomic mass is 16.5. The third-order valence-electron chi connectivity index (χ3n) is 4.66. The second-order valence-electron chi connectivity index (χ2n) is 6.56. The lowest BCUT2D eigenvalue weighted by Crippen LogP contribution is -2.24. The molecule has 1 saturated heterocycles. The van der Waals surface area contributed by atoms with Crippen molar-refractivity contribution in [3.05, 3.63) is 42.2 Å². The smallest absolute Gasteiger partial charge is 0.247 e. The third kappa shape index (κ3) is 3.50. The number of hydrogen-bond acceptors (Lipinski definition) is 9. The van der Waals surface area contributed by atoms with Crippen molar-refractivity contribution in [2.75, 3.05) is 18.9 Å². The van der Waals surface area contributed by atoms with E-state index in [1.54, 1.807) is 16.7 Å². The van der Waals surface area contributed by atoms with E-state index in [0.29, 0.717) is 11.2 Å². The Bertz CT molecular complexity index is 950. The molecule has 4 atom stereocenters. The maximum absolute atomic E-state index is 10.3. The average Bonchev–Trinajstić information content (AvgIpc) is 3.29. The zero-order valence-corrected chi connectivity index (χ0v) is 14.9. The van der Waals surface area contributed by atoms with Crippen molar-refractivity contribution in [1.29, 1.82) is 0 Å². The first-order valence-corrected chi connectivity index (χ1v) is 8.87. The standard InChI is InChI=1S/C18H21N5O5/c19-18-21-16-15(20-9-23(16)14-6-11(25)13(7-24)28-14)17(22-18)27-8-12(26)10-4-2-1-3-5-10/h1-5,9,11-14,24-26H,6-8H2,(H2,19,21,22). The van der Waals surface area contributed by atoms with Gasteiger partial charge in [-0.25, -0.2) is 4.98 Å². The molecule has 4 unspecified atom stereocenters. The molecule has 1 aliphatic heterocycles. The number of rotatable bonds is 6. The number of nitrogens with two attached hydrogens (primary N) is 1. The normalized spacial score (nSPS) is 23.2. The lowest BCUT2D eigenvalue weighted by Gasteiger charge is -2.14. The van der Waals surface area contributed by atoms with Crippen molar-refractivity contribution in [3.8, 4) is 5.88 Å². The predicted octanol–water partition coefficient (Wildman–Crippen LogP) is 0.162. The van der Waals surface area contributed by atoms with E-state index in [9.17, 15) is 15.3 Å². The summed E-state index contributed by atoms with van der Waals surface area (Å²) >= 11 is 0. The van der Waals surface area contributed by atoms with Crippen molar-refractivity contribution in [3.63, 3.8) is 0 Å². The summed E-state index contributed by atoms with van der Waals surface area (Å²) in [5, 5.41) is 29.5. The summed E-state index contributed by atoms with van der Waals surface area (Å²) in [6, 6.07) is 9.12. The van der Waals surface area contributed by atoms with Gasteiger partial charge in [0.15, 0.2) is 11.2 Å². The minimum Gasteiger partial charge on any atom is -0.473 e. The third-order valence-corrected chi connectivity index (χ3v) is 4.66. The molecule has 0 radical (unpaired) electrons. The van der Waals surface area contributed by atoms with Crippen LogP contribution in [0.15, 0.2) is 36.7 Å². The zero-order valence-electron chi connectivity index (χ0n) is 14.9. The SMILES string of the molecule is Nc1nc(OCC(O)c2ccccc2)c2ncn(C3CC(O)C(CO)O3)c2n1. The molecule has 28 heavy (non-hydrogen) atoms. The van der Waals surface area contributed by atoms with Crippen molar-refractivity contribution in [2.24, 2.45) is 0 Å². The number of aromatic nitrogens is 4. The summed E-state index contributed by atoms with van der Waals surface area (Å²) in [5.41, 5.74) is 7.27. The first kappa shape index (κ1) is 18.6. The van der Waals surface area contributed by atoms with E-state index in [2.05, 4.69) is 15.0 Å². The minimum atomic E-state index is -0.840. The van der Waals surface area contributed by atoms with Crippen LogP contribution >= 0.6 is 0 Å². The van der Waals surface area contributed by atoms with Crippen molar-refractivity contribution >= 4 is 17.1 Å². The molecule has 5 N–H and O–H groups in total. The summed E-state index contributed by atoms with van der Waals surface area (Å²) in [6.07, 6.45) is -1.07. The Kier molecular flexibility index (Phi) is 5.09. The number of nitrogens with zero attached hydrogens (tertiary/aromatic N) is 4. The quantitative estimate of drug-likeness (QED) is 0.464. The van der Waals surface area contributed by atoms with Crippen LogP contribution in [0.1, 0.15) is 24.3 Å². The lowest BCUT2D eigenvalue weighted by atomic mass is 10.1. The largest absolute Gasteiger partial charge is 0.473 e. The van der Waals surface area contributed by atoms with E-state index >= 15 is 0 Å². The number of imidazole rings is 1. The van der Waals surface area contributed by atoms with Crippen molar-refractivity contribution < 1.29 is 24.8 Å². The van der Waals surface area contributed by atoms with E-state index < -0.39 is 24.5 Å². The second kappa shape index (κ2) is 7.68. The first-order valence-electron chi connectivity index (χ1n) is 8.87. The molecule has 1 aliphatic rings. The number of anilines is 1.